The molecule has 1 aromatic rings. The lowest BCUT2D eigenvalue weighted by molar-refractivity contribution is 0.0343. The van der Waals surface area contributed by atoms with Crippen molar-refractivity contribution in [3.05, 3.63) is 11.1 Å². The first kappa shape index (κ1) is 13.8. The third-order valence-electron chi connectivity index (χ3n) is 3.12. The highest BCUT2D eigenvalue weighted by Gasteiger charge is 2.25. The number of hydrogen-bond donors (Lipinski definition) is 1. The predicted octanol–water partition coefficient (Wildman–Crippen LogP) is 2.26. The lowest BCUT2D eigenvalue weighted by Gasteiger charge is -2.36. The maximum Gasteiger partial charge on any atom is 0.185 e. The summed E-state index contributed by atoms with van der Waals surface area (Å²) in [6.07, 6.45) is 3.46. The molecule has 1 aromatic heterocycles. The summed E-state index contributed by atoms with van der Waals surface area (Å²) in [5.41, 5.74) is 0. The molecule has 2 rings (SSSR count). The summed E-state index contributed by atoms with van der Waals surface area (Å²) in [7, 11) is 0. The number of anilines is 1. The van der Waals surface area contributed by atoms with Crippen LogP contribution in [0.25, 0.3) is 0 Å². The summed E-state index contributed by atoms with van der Waals surface area (Å²) >= 11 is 1.79. The molecular formula is C13H23N3OS. The molecule has 2 heterocycles. The molecule has 102 valence electrons. The van der Waals surface area contributed by atoms with Crippen LogP contribution in [0.3, 0.4) is 0 Å². The normalized spacial score (nSPS) is 24.5. The predicted molar refractivity (Wildman–Crippen MR) is 76.3 cm³/mol. The minimum absolute atomic E-state index is 0.298. The molecular weight excluding hydrogens is 246 g/mol. The second-order valence-corrected chi connectivity index (χ2v) is 6.02. The number of thiazole rings is 1. The van der Waals surface area contributed by atoms with Gasteiger partial charge in [-0.05, 0) is 26.8 Å². The number of aromatic nitrogens is 1. The molecule has 18 heavy (non-hydrogen) atoms. The fraction of sp³-hybridized carbons (Fsp3) is 0.769. The Balaban J connectivity index is 1.95. The van der Waals surface area contributed by atoms with Gasteiger partial charge in [-0.1, -0.05) is 6.92 Å². The van der Waals surface area contributed by atoms with Crippen molar-refractivity contribution in [2.45, 2.75) is 45.9 Å². The molecule has 2 unspecified atom stereocenters. The van der Waals surface area contributed by atoms with Gasteiger partial charge in [-0.3, -0.25) is 0 Å². The van der Waals surface area contributed by atoms with E-state index in [1.165, 1.54) is 11.3 Å². The first-order valence-electron chi connectivity index (χ1n) is 6.74. The van der Waals surface area contributed by atoms with Crippen LogP contribution in [0.4, 0.5) is 5.13 Å². The monoisotopic (exact) mass is 269 g/mol. The van der Waals surface area contributed by atoms with Gasteiger partial charge in [0.1, 0.15) is 0 Å². The molecule has 1 aliphatic heterocycles. The summed E-state index contributed by atoms with van der Waals surface area (Å²) in [4.78, 5) is 8.23. The minimum Gasteiger partial charge on any atom is -0.375 e. The zero-order valence-electron chi connectivity index (χ0n) is 11.5. The van der Waals surface area contributed by atoms with E-state index in [0.29, 0.717) is 12.1 Å². The van der Waals surface area contributed by atoms with Crippen molar-refractivity contribution in [3.63, 3.8) is 0 Å². The first-order valence-corrected chi connectivity index (χ1v) is 7.56. The van der Waals surface area contributed by atoms with E-state index in [1.54, 1.807) is 11.3 Å². The van der Waals surface area contributed by atoms with Gasteiger partial charge >= 0.3 is 0 Å². The maximum atomic E-state index is 5.65. The zero-order valence-corrected chi connectivity index (χ0v) is 12.3. The lowest BCUT2D eigenvalue weighted by atomic mass is 10.2. The van der Waals surface area contributed by atoms with E-state index in [0.717, 1.165) is 31.4 Å². The van der Waals surface area contributed by atoms with E-state index in [2.05, 4.69) is 36.0 Å². The van der Waals surface area contributed by atoms with Gasteiger partial charge in [-0.2, -0.15) is 0 Å². The molecule has 0 radical (unpaired) electrons. The van der Waals surface area contributed by atoms with Crippen LogP contribution in [0.5, 0.6) is 0 Å². The molecule has 2 atom stereocenters. The third kappa shape index (κ3) is 3.43. The van der Waals surface area contributed by atoms with E-state index in [4.69, 9.17) is 4.74 Å². The molecule has 0 amide bonds. The smallest absolute Gasteiger partial charge is 0.185 e. The fourth-order valence-electron chi connectivity index (χ4n) is 2.07. The average molecular weight is 269 g/mol. The molecule has 1 N–H and O–H groups in total. The number of hydrogen-bond acceptors (Lipinski definition) is 5. The number of nitrogens with zero attached hydrogens (tertiary/aromatic N) is 2. The van der Waals surface area contributed by atoms with Crippen LogP contribution in [0.1, 0.15) is 32.1 Å². The quantitative estimate of drug-likeness (QED) is 0.832. The summed E-state index contributed by atoms with van der Waals surface area (Å²) in [5, 5.41) is 4.55. The topological polar surface area (TPSA) is 37.4 Å². The van der Waals surface area contributed by atoms with Crippen molar-refractivity contribution in [2.24, 2.45) is 0 Å². The highest BCUT2D eigenvalue weighted by molar-refractivity contribution is 7.15. The molecule has 0 aromatic carbocycles. The van der Waals surface area contributed by atoms with Crippen LogP contribution >= 0.6 is 11.3 Å². The van der Waals surface area contributed by atoms with E-state index in [9.17, 15) is 0 Å². The van der Waals surface area contributed by atoms with Crippen LogP contribution in [0.15, 0.2) is 6.20 Å². The Morgan fingerprint density at radius 2 is 2.39 bits per heavy atom. The van der Waals surface area contributed by atoms with Crippen LogP contribution < -0.4 is 10.2 Å². The van der Waals surface area contributed by atoms with Crippen LogP contribution in [-0.4, -0.2) is 36.8 Å². The molecule has 0 spiro atoms. The average Bonchev–Trinajstić information content (AvgIpc) is 2.81. The van der Waals surface area contributed by atoms with Crippen molar-refractivity contribution < 1.29 is 4.74 Å². The lowest BCUT2D eigenvalue weighted by Crippen LogP contribution is -2.47. The van der Waals surface area contributed by atoms with Crippen LogP contribution in [0, 0.1) is 0 Å². The zero-order chi connectivity index (χ0) is 13.0. The molecule has 0 aliphatic carbocycles. The Morgan fingerprint density at radius 1 is 1.56 bits per heavy atom. The summed E-state index contributed by atoms with van der Waals surface area (Å²) in [6, 6.07) is 0.420. The van der Waals surface area contributed by atoms with Crippen LogP contribution in [0.2, 0.25) is 0 Å². The summed E-state index contributed by atoms with van der Waals surface area (Å²) in [6.45, 7) is 10.2. The molecule has 1 fully saturated rings. The molecule has 0 saturated carbocycles. The Bertz CT molecular complexity index is 369. The maximum absolute atomic E-state index is 5.65. The fourth-order valence-corrected chi connectivity index (χ4v) is 3.06. The van der Waals surface area contributed by atoms with Crippen molar-refractivity contribution >= 4 is 16.5 Å². The molecule has 5 heteroatoms. The van der Waals surface area contributed by atoms with Crippen molar-refractivity contribution in [2.75, 3.05) is 24.6 Å². The summed E-state index contributed by atoms with van der Waals surface area (Å²) < 4.78 is 5.65. The number of morpholine rings is 1. The Labute approximate surface area is 113 Å². The third-order valence-corrected chi connectivity index (χ3v) is 4.16. The van der Waals surface area contributed by atoms with Crippen molar-refractivity contribution in [1.82, 2.24) is 10.3 Å². The SMILES string of the molecule is CCCNCc1cnc(N2CC(C)OCC2C)s1. The van der Waals surface area contributed by atoms with Crippen molar-refractivity contribution in [3.8, 4) is 0 Å². The molecule has 1 aliphatic rings. The van der Waals surface area contributed by atoms with Gasteiger partial charge in [0.05, 0.1) is 18.8 Å². The second kappa shape index (κ2) is 6.50. The van der Waals surface area contributed by atoms with E-state index < -0.39 is 0 Å². The summed E-state index contributed by atoms with van der Waals surface area (Å²) in [5.74, 6) is 0. The number of rotatable bonds is 5. The van der Waals surface area contributed by atoms with E-state index >= 15 is 0 Å². The first-order chi connectivity index (χ1) is 8.70. The minimum atomic E-state index is 0.298. The Morgan fingerprint density at radius 3 is 3.17 bits per heavy atom. The van der Waals surface area contributed by atoms with E-state index in [-0.39, 0.29) is 0 Å². The van der Waals surface area contributed by atoms with Gasteiger partial charge < -0.3 is 15.0 Å². The molecule has 4 nitrogen and oxygen atoms in total. The highest BCUT2D eigenvalue weighted by atomic mass is 32.1. The van der Waals surface area contributed by atoms with E-state index in [1.807, 2.05) is 6.20 Å². The molecule has 0 bridgehead atoms. The molecule has 1 saturated heterocycles. The van der Waals surface area contributed by atoms with Gasteiger partial charge in [-0.25, -0.2) is 4.98 Å². The van der Waals surface area contributed by atoms with Crippen molar-refractivity contribution in [1.29, 1.82) is 0 Å². The van der Waals surface area contributed by atoms with Crippen LogP contribution in [-0.2, 0) is 11.3 Å². The largest absolute Gasteiger partial charge is 0.375 e. The standard InChI is InChI=1S/C13H23N3OS/c1-4-5-14-6-12-7-15-13(18-12)16-8-11(3)17-9-10(16)2/h7,10-11,14H,4-6,8-9H2,1-3H3. The Hall–Kier alpha value is -0.650. The number of ether oxygens (including phenoxy) is 1. The Kier molecular flexibility index (Phi) is 4.97. The van der Waals surface area contributed by atoms with Gasteiger partial charge in [0.25, 0.3) is 0 Å². The highest BCUT2D eigenvalue weighted by Crippen LogP contribution is 2.26. The second-order valence-electron chi connectivity index (χ2n) is 4.93. The van der Waals surface area contributed by atoms with Gasteiger partial charge in [-0.15, -0.1) is 11.3 Å². The van der Waals surface area contributed by atoms with Gasteiger partial charge in [0.15, 0.2) is 5.13 Å². The number of nitrogens with one attached hydrogen (secondary N) is 1. The van der Waals surface area contributed by atoms with Gasteiger partial charge in [0, 0.05) is 24.2 Å². The van der Waals surface area contributed by atoms with Gasteiger partial charge in [0.2, 0.25) is 0 Å².